The molecule has 0 aromatic heterocycles. The Kier molecular flexibility index (Phi) is 3.62. The van der Waals surface area contributed by atoms with Gasteiger partial charge in [0.1, 0.15) is 0 Å². The number of benzene rings is 1. The Morgan fingerprint density at radius 1 is 1.19 bits per heavy atom. The highest BCUT2D eigenvalue weighted by molar-refractivity contribution is 5.33. The molecule has 0 amide bonds. The van der Waals surface area contributed by atoms with Crippen molar-refractivity contribution in [2.45, 2.75) is 31.6 Å². The van der Waals surface area contributed by atoms with Gasteiger partial charge >= 0.3 is 0 Å². The van der Waals surface area contributed by atoms with E-state index in [1.54, 1.807) is 0 Å². The molecule has 0 unspecified atom stereocenters. The van der Waals surface area contributed by atoms with Gasteiger partial charge in [-0.05, 0) is 43.7 Å². The molecule has 0 bridgehead atoms. The fourth-order valence-electron chi connectivity index (χ4n) is 2.27. The van der Waals surface area contributed by atoms with Gasteiger partial charge in [-0.25, -0.2) is 0 Å². The molecular formula is C14H21NO. The first-order valence-corrected chi connectivity index (χ1v) is 6.16. The van der Waals surface area contributed by atoms with E-state index in [1.165, 1.54) is 30.4 Å². The summed E-state index contributed by atoms with van der Waals surface area (Å²) in [7, 11) is 0. The van der Waals surface area contributed by atoms with E-state index >= 15 is 0 Å². The van der Waals surface area contributed by atoms with Gasteiger partial charge in [-0.1, -0.05) is 29.8 Å². The molecular weight excluding hydrogens is 198 g/mol. The molecule has 1 saturated carbocycles. The van der Waals surface area contributed by atoms with Crippen LogP contribution in [0.5, 0.6) is 0 Å². The Labute approximate surface area is 97.7 Å². The zero-order chi connectivity index (χ0) is 11.4. The van der Waals surface area contributed by atoms with Crippen LogP contribution in [-0.2, 0) is 5.41 Å². The first kappa shape index (κ1) is 11.6. The smallest absolute Gasteiger partial charge is 0.0555 e. The molecule has 1 aromatic carbocycles. The van der Waals surface area contributed by atoms with Gasteiger partial charge < -0.3 is 10.4 Å². The molecule has 2 nitrogen and oxygen atoms in total. The molecule has 16 heavy (non-hydrogen) atoms. The number of aliphatic hydroxyl groups excluding tert-OH is 1. The van der Waals surface area contributed by atoms with E-state index in [0.717, 1.165) is 6.54 Å². The van der Waals surface area contributed by atoms with Crippen molar-refractivity contribution in [2.24, 2.45) is 0 Å². The number of aliphatic hydroxyl groups is 1. The molecule has 2 heteroatoms. The van der Waals surface area contributed by atoms with Gasteiger partial charge in [-0.3, -0.25) is 0 Å². The fourth-order valence-corrected chi connectivity index (χ4v) is 2.27. The molecule has 1 fully saturated rings. The molecule has 1 aromatic rings. The van der Waals surface area contributed by atoms with Crippen LogP contribution < -0.4 is 5.32 Å². The van der Waals surface area contributed by atoms with Gasteiger partial charge in [-0.2, -0.15) is 0 Å². The van der Waals surface area contributed by atoms with Crippen molar-refractivity contribution >= 4 is 0 Å². The van der Waals surface area contributed by atoms with Crippen LogP contribution in [0.4, 0.5) is 0 Å². The summed E-state index contributed by atoms with van der Waals surface area (Å²) in [6.45, 7) is 4.09. The number of aryl methyl sites for hydroxylation is 1. The van der Waals surface area contributed by atoms with Crippen LogP contribution in [0.25, 0.3) is 0 Å². The number of hydrogen-bond acceptors (Lipinski definition) is 2. The van der Waals surface area contributed by atoms with Crippen molar-refractivity contribution in [1.82, 2.24) is 5.32 Å². The third kappa shape index (κ3) is 2.63. The summed E-state index contributed by atoms with van der Waals surface area (Å²) in [5.74, 6) is 0. The first-order valence-electron chi connectivity index (χ1n) is 6.16. The standard InChI is InChI=1S/C14H21NO/c1-12-2-4-13(5-3-12)14(6-7-14)8-9-15-10-11-16/h2-5,15-16H,6-11H2,1H3. The molecule has 0 aliphatic heterocycles. The van der Waals surface area contributed by atoms with Crippen LogP contribution in [0.2, 0.25) is 0 Å². The van der Waals surface area contributed by atoms with Crippen LogP contribution in [0.15, 0.2) is 24.3 Å². The second-order valence-electron chi connectivity index (χ2n) is 4.87. The predicted molar refractivity (Wildman–Crippen MR) is 66.7 cm³/mol. The minimum absolute atomic E-state index is 0.234. The van der Waals surface area contributed by atoms with E-state index < -0.39 is 0 Å². The van der Waals surface area contributed by atoms with Gasteiger partial charge in [0.05, 0.1) is 6.61 Å². The van der Waals surface area contributed by atoms with Crippen molar-refractivity contribution in [1.29, 1.82) is 0 Å². The highest BCUT2D eigenvalue weighted by Gasteiger charge is 2.43. The Morgan fingerprint density at radius 3 is 2.44 bits per heavy atom. The lowest BCUT2D eigenvalue weighted by atomic mass is 9.92. The maximum Gasteiger partial charge on any atom is 0.0555 e. The van der Waals surface area contributed by atoms with Crippen LogP contribution in [0.3, 0.4) is 0 Å². The van der Waals surface area contributed by atoms with E-state index in [1.807, 2.05) is 0 Å². The predicted octanol–water partition coefficient (Wildman–Crippen LogP) is 2.00. The average molecular weight is 219 g/mol. The summed E-state index contributed by atoms with van der Waals surface area (Å²) < 4.78 is 0. The summed E-state index contributed by atoms with van der Waals surface area (Å²) in [6.07, 6.45) is 3.82. The normalized spacial score (nSPS) is 17.4. The van der Waals surface area contributed by atoms with Crippen LogP contribution >= 0.6 is 0 Å². The Morgan fingerprint density at radius 2 is 1.88 bits per heavy atom. The zero-order valence-corrected chi connectivity index (χ0v) is 10.00. The van der Waals surface area contributed by atoms with Crippen molar-refractivity contribution in [2.75, 3.05) is 19.7 Å². The summed E-state index contributed by atoms with van der Waals surface area (Å²) in [5, 5.41) is 12.0. The summed E-state index contributed by atoms with van der Waals surface area (Å²) in [5.41, 5.74) is 3.26. The van der Waals surface area contributed by atoms with Crippen molar-refractivity contribution in [3.63, 3.8) is 0 Å². The molecule has 1 aliphatic carbocycles. The zero-order valence-electron chi connectivity index (χ0n) is 10.00. The second kappa shape index (κ2) is 4.98. The largest absolute Gasteiger partial charge is 0.395 e. The van der Waals surface area contributed by atoms with E-state index in [-0.39, 0.29) is 6.61 Å². The monoisotopic (exact) mass is 219 g/mol. The fraction of sp³-hybridized carbons (Fsp3) is 0.571. The summed E-state index contributed by atoms with van der Waals surface area (Å²) in [4.78, 5) is 0. The van der Waals surface area contributed by atoms with Crippen LogP contribution in [-0.4, -0.2) is 24.8 Å². The third-order valence-electron chi connectivity index (χ3n) is 3.59. The molecule has 0 saturated heterocycles. The molecule has 0 heterocycles. The minimum Gasteiger partial charge on any atom is -0.395 e. The lowest BCUT2D eigenvalue weighted by Gasteiger charge is -2.16. The van der Waals surface area contributed by atoms with Gasteiger partial charge in [0.2, 0.25) is 0 Å². The number of hydrogen-bond donors (Lipinski definition) is 2. The molecule has 88 valence electrons. The van der Waals surface area contributed by atoms with Crippen LogP contribution in [0.1, 0.15) is 30.4 Å². The second-order valence-corrected chi connectivity index (χ2v) is 4.87. The van der Waals surface area contributed by atoms with Gasteiger partial charge in [0.15, 0.2) is 0 Å². The number of nitrogens with one attached hydrogen (secondary N) is 1. The Hall–Kier alpha value is -0.860. The van der Waals surface area contributed by atoms with Gasteiger partial charge in [0, 0.05) is 6.54 Å². The van der Waals surface area contributed by atoms with E-state index in [0.29, 0.717) is 12.0 Å². The molecule has 1 aliphatic rings. The number of rotatable bonds is 6. The summed E-state index contributed by atoms with van der Waals surface area (Å²) >= 11 is 0. The quantitative estimate of drug-likeness (QED) is 0.717. The Balaban J connectivity index is 1.90. The van der Waals surface area contributed by atoms with Crippen molar-refractivity contribution < 1.29 is 5.11 Å². The van der Waals surface area contributed by atoms with Crippen molar-refractivity contribution in [3.05, 3.63) is 35.4 Å². The minimum atomic E-state index is 0.234. The highest BCUT2D eigenvalue weighted by Crippen LogP contribution is 2.50. The SMILES string of the molecule is Cc1ccc(C2(CCNCCO)CC2)cc1. The molecule has 2 rings (SSSR count). The van der Waals surface area contributed by atoms with Crippen molar-refractivity contribution in [3.8, 4) is 0 Å². The summed E-state index contributed by atoms with van der Waals surface area (Å²) in [6, 6.07) is 8.95. The van der Waals surface area contributed by atoms with Gasteiger partial charge in [-0.15, -0.1) is 0 Å². The van der Waals surface area contributed by atoms with Gasteiger partial charge in [0.25, 0.3) is 0 Å². The van der Waals surface area contributed by atoms with Crippen LogP contribution in [0, 0.1) is 6.92 Å². The van der Waals surface area contributed by atoms with E-state index in [4.69, 9.17) is 5.11 Å². The lowest BCUT2D eigenvalue weighted by Crippen LogP contribution is -2.23. The molecule has 0 spiro atoms. The Bertz CT molecular complexity index is 327. The topological polar surface area (TPSA) is 32.3 Å². The molecule has 0 radical (unpaired) electrons. The first-order chi connectivity index (χ1) is 7.77. The maximum absolute atomic E-state index is 8.70. The maximum atomic E-state index is 8.70. The third-order valence-corrected chi connectivity index (χ3v) is 3.59. The highest BCUT2D eigenvalue weighted by atomic mass is 16.3. The lowest BCUT2D eigenvalue weighted by molar-refractivity contribution is 0.291. The molecule has 2 N–H and O–H groups in total. The van der Waals surface area contributed by atoms with E-state index in [2.05, 4.69) is 36.5 Å². The van der Waals surface area contributed by atoms with E-state index in [9.17, 15) is 0 Å². The average Bonchev–Trinajstić information content (AvgIpc) is 3.07. The molecule has 0 atom stereocenters.